The number of carbonyl (C=O) groups is 2. The van der Waals surface area contributed by atoms with Gasteiger partial charge < -0.3 is 5.32 Å². The molecular formula is C9H14N2O2. The molecule has 0 unspecified atom stereocenters. The van der Waals surface area contributed by atoms with Crippen LogP contribution in [0.2, 0.25) is 0 Å². The van der Waals surface area contributed by atoms with Gasteiger partial charge >= 0.3 is 6.03 Å². The fourth-order valence-electron chi connectivity index (χ4n) is 1.01. The summed E-state index contributed by atoms with van der Waals surface area (Å²) >= 11 is 0. The van der Waals surface area contributed by atoms with Crippen molar-refractivity contribution in [2.75, 3.05) is 6.54 Å². The Morgan fingerprint density at radius 3 is 2.54 bits per heavy atom. The van der Waals surface area contributed by atoms with E-state index >= 15 is 0 Å². The third-order valence-corrected chi connectivity index (χ3v) is 1.54. The molecule has 0 atom stereocenters. The van der Waals surface area contributed by atoms with E-state index in [1.807, 2.05) is 20.8 Å². The van der Waals surface area contributed by atoms with E-state index in [4.69, 9.17) is 0 Å². The van der Waals surface area contributed by atoms with Gasteiger partial charge in [0, 0.05) is 18.2 Å². The van der Waals surface area contributed by atoms with E-state index in [9.17, 15) is 9.59 Å². The predicted molar refractivity (Wildman–Crippen MR) is 49.1 cm³/mol. The van der Waals surface area contributed by atoms with E-state index in [1.54, 1.807) is 6.08 Å². The molecular weight excluding hydrogens is 168 g/mol. The molecule has 0 aliphatic carbocycles. The number of amides is 3. The zero-order chi connectivity index (χ0) is 10.1. The van der Waals surface area contributed by atoms with Crippen molar-refractivity contribution < 1.29 is 9.59 Å². The van der Waals surface area contributed by atoms with Gasteiger partial charge in [0.1, 0.15) is 0 Å². The van der Waals surface area contributed by atoms with Crippen molar-refractivity contribution in [2.45, 2.75) is 26.3 Å². The smallest absolute Gasteiger partial charge is 0.325 e. The van der Waals surface area contributed by atoms with Crippen molar-refractivity contribution in [3.8, 4) is 0 Å². The summed E-state index contributed by atoms with van der Waals surface area (Å²) < 4.78 is 0. The highest BCUT2D eigenvalue weighted by molar-refractivity contribution is 6.02. The number of nitrogens with zero attached hydrogens (tertiary/aromatic N) is 1. The quantitative estimate of drug-likeness (QED) is 0.605. The Balaban J connectivity index is 2.55. The van der Waals surface area contributed by atoms with Crippen molar-refractivity contribution in [3.05, 3.63) is 12.2 Å². The maximum Gasteiger partial charge on any atom is 0.325 e. The number of imide groups is 1. The first-order valence-corrected chi connectivity index (χ1v) is 4.20. The number of nitrogens with one attached hydrogen (secondary N) is 1. The number of hydrogen-bond acceptors (Lipinski definition) is 2. The van der Waals surface area contributed by atoms with Gasteiger partial charge in [-0.3, -0.25) is 9.69 Å². The molecule has 0 saturated carbocycles. The highest BCUT2D eigenvalue weighted by Gasteiger charge is 2.25. The lowest BCUT2D eigenvalue weighted by Gasteiger charge is -2.24. The fourth-order valence-corrected chi connectivity index (χ4v) is 1.01. The summed E-state index contributed by atoms with van der Waals surface area (Å²) in [5.41, 5.74) is -0.306. The molecule has 0 saturated heterocycles. The molecule has 0 aromatic heterocycles. The zero-order valence-corrected chi connectivity index (χ0v) is 8.13. The largest absolute Gasteiger partial charge is 0.333 e. The maximum atomic E-state index is 11.4. The summed E-state index contributed by atoms with van der Waals surface area (Å²) in [5.74, 6) is -0.248. The summed E-state index contributed by atoms with van der Waals surface area (Å²) in [7, 11) is 0. The second kappa shape index (κ2) is 3.20. The number of hydrogen-bond donors (Lipinski definition) is 1. The molecule has 0 fully saturated rings. The topological polar surface area (TPSA) is 49.4 Å². The Labute approximate surface area is 77.6 Å². The lowest BCUT2D eigenvalue weighted by Crippen LogP contribution is -2.49. The van der Waals surface area contributed by atoms with Gasteiger partial charge in [0.15, 0.2) is 0 Å². The van der Waals surface area contributed by atoms with Crippen LogP contribution in [0, 0.1) is 0 Å². The van der Waals surface area contributed by atoms with Crippen molar-refractivity contribution >= 4 is 11.9 Å². The molecule has 0 aromatic rings. The van der Waals surface area contributed by atoms with Gasteiger partial charge in [-0.25, -0.2) is 4.79 Å². The zero-order valence-electron chi connectivity index (χ0n) is 8.13. The average molecular weight is 182 g/mol. The minimum atomic E-state index is -0.331. The van der Waals surface area contributed by atoms with Gasteiger partial charge in [0.2, 0.25) is 0 Å². The van der Waals surface area contributed by atoms with Crippen molar-refractivity contribution in [1.29, 1.82) is 0 Å². The summed E-state index contributed by atoms with van der Waals surface area (Å²) in [4.78, 5) is 23.7. The Morgan fingerprint density at radius 1 is 1.54 bits per heavy atom. The number of rotatable bonds is 0. The Kier molecular flexibility index (Phi) is 2.40. The van der Waals surface area contributed by atoms with Crippen LogP contribution in [0.5, 0.6) is 0 Å². The normalized spacial score (nSPS) is 16.5. The van der Waals surface area contributed by atoms with E-state index in [0.29, 0.717) is 6.54 Å². The van der Waals surface area contributed by atoms with Crippen LogP contribution in [0.4, 0.5) is 4.79 Å². The minimum Gasteiger partial charge on any atom is -0.333 e. The van der Waals surface area contributed by atoms with Crippen LogP contribution in [-0.2, 0) is 4.79 Å². The number of urea groups is 1. The molecule has 72 valence electrons. The monoisotopic (exact) mass is 182 g/mol. The number of carbonyl (C=O) groups excluding carboxylic acids is 2. The van der Waals surface area contributed by atoms with Crippen LogP contribution in [0.3, 0.4) is 0 Å². The maximum absolute atomic E-state index is 11.4. The molecule has 0 bridgehead atoms. The summed E-state index contributed by atoms with van der Waals surface area (Å²) in [6.07, 6.45) is 3.08. The van der Waals surface area contributed by atoms with Gasteiger partial charge in [-0.15, -0.1) is 0 Å². The first kappa shape index (κ1) is 9.77. The molecule has 1 aliphatic rings. The lowest BCUT2D eigenvalue weighted by molar-refractivity contribution is -0.122. The van der Waals surface area contributed by atoms with Crippen LogP contribution in [-0.4, -0.2) is 28.9 Å². The van der Waals surface area contributed by atoms with Gasteiger partial charge in [0.25, 0.3) is 5.91 Å². The highest BCUT2D eigenvalue weighted by Crippen LogP contribution is 2.05. The van der Waals surface area contributed by atoms with E-state index < -0.39 is 0 Å². The highest BCUT2D eigenvalue weighted by atomic mass is 16.2. The molecule has 0 radical (unpaired) electrons. The summed E-state index contributed by atoms with van der Waals surface area (Å²) in [6.45, 7) is 6.00. The van der Waals surface area contributed by atoms with Crippen LogP contribution < -0.4 is 5.32 Å². The van der Waals surface area contributed by atoms with Gasteiger partial charge in [-0.2, -0.15) is 0 Å². The second-order valence-electron chi connectivity index (χ2n) is 4.03. The van der Waals surface area contributed by atoms with Crippen molar-refractivity contribution in [3.63, 3.8) is 0 Å². The Morgan fingerprint density at radius 2 is 2.15 bits per heavy atom. The third kappa shape index (κ3) is 2.57. The molecule has 1 aliphatic heterocycles. The molecule has 4 heteroatoms. The molecule has 3 amide bonds. The fraction of sp³-hybridized carbons (Fsp3) is 0.556. The summed E-state index contributed by atoms with van der Waals surface area (Å²) in [6, 6.07) is -0.331. The first-order chi connectivity index (χ1) is 5.90. The molecule has 1 heterocycles. The van der Waals surface area contributed by atoms with E-state index in [1.165, 1.54) is 11.0 Å². The van der Waals surface area contributed by atoms with Crippen molar-refractivity contribution in [2.24, 2.45) is 0 Å². The summed E-state index contributed by atoms with van der Waals surface area (Å²) in [5, 5.41) is 2.72. The molecule has 13 heavy (non-hydrogen) atoms. The SMILES string of the molecule is CC(C)(C)NC(=O)N1CC=CC1=O. The molecule has 0 aromatic carbocycles. The van der Waals surface area contributed by atoms with Gasteiger partial charge in [-0.1, -0.05) is 6.08 Å². The second-order valence-corrected chi connectivity index (χ2v) is 4.03. The van der Waals surface area contributed by atoms with E-state index in [-0.39, 0.29) is 17.5 Å². The molecule has 4 nitrogen and oxygen atoms in total. The minimum absolute atomic E-state index is 0.248. The Hall–Kier alpha value is -1.32. The third-order valence-electron chi connectivity index (χ3n) is 1.54. The van der Waals surface area contributed by atoms with Crippen LogP contribution in [0.1, 0.15) is 20.8 Å². The van der Waals surface area contributed by atoms with Gasteiger partial charge in [-0.05, 0) is 20.8 Å². The van der Waals surface area contributed by atoms with Crippen LogP contribution >= 0.6 is 0 Å². The molecule has 1 N–H and O–H groups in total. The average Bonchev–Trinajstić information content (AvgIpc) is 2.30. The van der Waals surface area contributed by atoms with E-state index in [0.717, 1.165) is 0 Å². The van der Waals surface area contributed by atoms with Gasteiger partial charge in [0.05, 0.1) is 0 Å². The van der Waals surface area contributed by atoms with Crippen LogP contribution in [0.15, 0.2) is 12.2 Å². The molecule has 0 spiro atoms. The van der Waals surface area contributed by atoms with Crippen LogP contribution in [0.25, 0.3) is 0 Å². The lowest BCUT2D eigenvalue weighted by atomic mass is 10.1. The predicted octanol–water partition coefficient (Wildman–Crippen LogP) is 0.893. The first-order valence-electron chi connectivity index (χ1n) is 4.20. The van der Waals surface area contributed by atoms with Crippen molar-refractivity contribution in [1.82, 2.24) is 10.2 Å². The molecule has 1 rings (SSSR count). The van der Waals surface area contributed by atoms with E-state index in [2.05, 4.69) is 5.32 Å². The Bertz CT molecular complexity index is 263. The standard InChI is InChI=1S/C9H14N2O2/c1-9(2,3)10-8(13)11-6-4-5-7(11)12/h4-5H,6H2,1-3H3,(H,10,13).